The van der Waals surface area contributed by atoms with E-state index in [1.54, 1.807) is 6.92 Å². The molecule has 0 aliphatic rings. The van der Waals surface area contributed by atoms with Crippen LogP contribution in [0.1, 0.15) is 12.5 Å². The molecular formula is C11H13ClO2. The van der Waals surface area contributed by atoms with Crippen molar-refractivity contribution in [3.63, 3.8) is 0 Å². The van der Waals surface area contributed by atoms with Crippen LogP contribution in [0.2, 0.25) is 0 Å². The van der Waals surface area contributed by atoms with Crippen molar-refractivity contribution < 1.29 is 9.53 Å². The van der Waals surface area contributed by atoms with Crippen LogP contribution >= 0.6 is 11.6 Å². The first-order valence-electron chi connectivity index (χ1n) is 4.48. The van der Waals surface area contributed by atoms with Crippen LogP contribution in [0.3, 0.4) is 0 Å². The topological polar surface area (TPSA) is 26.3 Å². The zero-order valence-electron chi connectivity index (χ0n) is 8.07. The van der Waals surface area contributed by atoms with Crippen molar-refractivity contribution in [1.82, 2.24) is 0 Å². The lowest BCUT2D eigenvalue weighted by molar-refractivity contribution is -0.127. The van der Waals surface area contributed by atoms with E-state index in [1.807, 2.05) is 30.3 Å². The molecule has 1 rings (SSSR count). The van der Waals surface area contributed by atoms with Crippen LogP contribution in [-0.2, 0) is 16.1 Å². The van der Waals surface area contributed by atoms with Gasteiger partial charge in [0.25, 0.3) is 0 Å². The molecule has 0 fully saturated rings. The van der Waals surface area contributed by atoms with Gasteiger partial charge in [0, 0.05) is 0 Å². The van der Waals surface area contributed by atoms with Crippen molar-refractivity contribution >= 4 is 17.4 Å². The third-order valence-corrected chi connectivity index (χ3v) is 2.19. The Morgan fingerprint density at radius 2 is 2.07 bits per heavy atom. The van der Waals surface area contributed by atoms with E-state index in [-0.39, 0.29) is 11.7 Å². The first-order valence-corrected chi connectivity index (χ1v) is 5.01. The second-order valence-corrected chi connectivity index (χ2v) is 3.31. The predicted octanol–water partition coefficient (Wildman–Crippen LogP) is 2.40. The summed E-state index contributed by atoms with van der Waals surface area (Å²) >= 11 is 5.40. The van der Waals surface area contributed by atoms with Crippen molar-refractivity contribution in [1.29, 1.82) is 0 Å². The number of Topliss-reactive ketones (excluding diaryl/α,β-unsaturated/α-hetero) is 1. The average molecular weight is 213 g/mol. The summed E-state index contributed by atoms with van der Waals surface area (Å²) in [7, 11) is 0. The maximum Gasteiger partial charge on any atom is 0.175 e. The lowest BCUT2D eigenvalue weighted by Crippen LogP contribution is -2.21. The van der Waals surface area contributed by atoms with Gasteiger partial charge in [-0.15, -0.1) is 11.6 Å². The number of benzene rings is 1. The molecule has 1 aromatic carbocycles. The quantitative estimate of drug-likeness (QED) is 0.701. The van der Waals surface area contributed by atoms with Gasteiger partial charge in [-0.05, 0) is 12.5 Å². The maximum atomic E-state index is 11.1. The Balaban J connectivity index is 2.38. The minimum absolute atomic E-state index is 0.00988. The summed E-state index contributed by atoms with van der Waals surface area (Å²) < 4.78 is 5.35. The lowest BCUT2D eigenvalue weighted by Gasteiger charge is -2.10. The highest BCUT2D eigenvalue weighted by molar-refractivity contribution is 6.28. The van der Waals surface area contributed by atoms with Gasteiger partial charge < -0.3 is 4.74 Å². The Labute approximate surface area is 88.8 Å². The number of rotatable bonds is 5. The smallest absolute Gasteiger partial charge is 0.175 e. The van der Waals surface area contributed by atoms with Gasteiger partial charge in [-0.3, -0.25) is 4.79 Å². The molecule has 2 nitrogen and oxygen atoms in total. The Hall–Kier alpha value is -0.860. The molecular weight excluding hydrogens is 200 g/mol. The van der Waals surface area contributed by atoms with E-state index < -0.39 is 6.10 Å². The Morgan fingerprint density at radius 1 is 1.43 bits per heavy atom. The van der Waals surface area contributed by atoms with Gasteiger partial charge in [0.2, 0.25) is 0 Å². The van der Waals surface area contributed by atoms with E-state index in [0.29, 0.717) is 6.61 Å². The standard InChI is InChI=1S/C11H13ClO2/c1-9(11(13)7-12)14-8-10-5-3-2-4-6-10/h2-6,9H,7-8H2,1H3/t9-/m0/s1. The first-order chi connectivity index (χ1) is 6.74. The van der Waals surface area contributed by atoms with Gasteiger partial charge in [0.15, 0.2) is 5.78 Å². The second kappa shape index (κ2) is 5.78. The van der Waals surface area contributed by atoms with Crippen LogP contribution in [0.5, 0.6) is 0 Å². The number of hydrogen-bond donors (Lipinski definition) is 0. The molecule has 0 amide bonds. The summed E-state index contributed by atoms with van der Waals surface area (Å²) in [5, 5.41) is 0. The number of carbonyl (C=O) groups is 1. The fourth-order valence-corrected chi connectivity index (χ4v) is 1.21. The number of hydrogen-bond acceptors (Lipinski definition) is 2. The minimum atomic E-state index is -0.423. The summed E-state index contributed by atoms with van der Waals surface area (Å²) in [5.41, 5.74) is 1.06. The van der Waals surface area contributed by atoms with E-state index >= 15 is 0 Å². The van der Waals surface area contributed by atoms with Crippen molar-refractivity contribution in [3.05, 3.63) is 35.9 Å². The molecule has 0 aromatic heterocycles. The van der Waals surface area contributed by atoms with Gasteiger partial charge in [-0.25, -0.2) is 0 Å². The molecule has 0 bridgehead atoms. The summed E-state index contributed by atoms with van der Waals surface area (Å²) in [5.74, 6) is -0.0711. The van der Waals surface area contributed by atoms with E-state index in [0.717, 1.165) is 5.56 Å². The number of halogens is 1. The number of carbonyl (C=O) groups excluding carboxylic acids is 1. The van der Waals surface area contributed by atoms with Crippen molar-refractivity contribution in [2.24, 2.45) is 0 Å². The molecule has 0 aliphatic carbocycles. The van der Waals surface area contributed by atoms with Crippen molar-refractivity contribution in [2.45, 2.75) is 19.6 Å². The molecule has 0 spiro atoms. The number of alkyl halides is 1. The van der Waals surface area contributed by atoms with Crippen LogP contribution in [0, 0.1) is 0 Å². The Bertz CT molecular complexity index is 285. The van der Waals surface area contributed by atoms with Gasteiger partial charge in [-0.2, -0.15) is 0 Å². The van der Waals surface area contributed by atoms with Gasteiger partial charge in [0.1, 0.15) is 6.10 Å². The fraction of sp³-hybridized carbons (Fsp3) is 0.364. The molecule has 0 unspecified atom stereocenters. The number of ether oxygens (including phenoxy) is 1. The highest BCUT2D eigenvalue weighted by Crippen LogP contribution is 2.04. The normalized spacial score (nSPS) is 12.4. The van der Waals surface area contributed by atoms with Crippen molar-refractivity contribution in [2.75, 3.05) is 5.88 Å². The lowest BCUT2D eigenvalue weighted by atomic mass is 10.2. The van der Waals surface area contributed by atoms with E-state index in [4.69, 9.17) is 16.3 Å². The third kappa shape index (κ3) is 3.48. The van der Waals surface area contributed by atoms with Crippen LogP contribution in [0.15, 0.2) is 30.3 Å². The number of ketones is 1. The van der Waals surface area contributed by atoms with Crippen LogP contribution < -0.4 is 0 Å². The highest BCUT2D eigenvalue weighted by Gasteiger charge is 2.11. The molecule has 76 valence electrons. The van der Waals surface area contributed by atoms with Gasteiger partial charge >= 0.3 is 0 Å². The summed E-state index contributed by atoms with van der Waals surface area (Å²) in [6, 6.07) is 9.73. The SMILES string of the molecule is C[C@H](OCc1ccccc1)C(=O)CCl. The van der Waals surface area contributed by atoms with Gasteiger partial charge in [0.05, 0.1) is 12.5 Å². The predicted molar refractivity (Wildman–Crippen MR) is 56.4 cm³/mol. The molecule has 0 heterocycles. The molecule has 0 saturated carbocycles. The van der Waals surface area contributed by atoms with Crippen LogP contribution in [0.25, 0.3) is 0 Å². The Kier molecular flexibility index (Phi) is 4.63. The van der Waals surface area contributed by atoms with E-state index in [9.17, 15) is 4.79 Å². The van der Waals surface area contributed by atoms with E-state index in [1.165, 1.54) is 0 Å². The zero-order chi connectivity index (χ0) is 10.4. The highest BCUT2D eigenvalue weighted by atomic mass is 35.5. The molecule has 0 N–H and O–H groups in total. The van der Waals surface area contributed by atoms with E-state index in [2.05, 4.69) is 0 Å². The monoisotopic (exact) mass is 212 g/mol. The second-order valence-electron chi connectivity index (χ2n) is 3.04. The largest absolute Gasteiger partial charge is 0.366 e. The summed E-state index contributed by atoms with van der Waals surface area (Å²) in [6.45, 7) is 2.16. The summed E-state index contributed by atoms with van der Waals surface area (Å²) in [4.78, 5) is 11.1. The minimum Gasteiger partial charge on any atom is -0.366 e. The molecule has 0 aliphatic heterocycles. The Morgan fingerprint density at radius 3 is 2.64 bits per heavy atom. The molecule has 1 atom stereocenters. The van der Waals surface area contributed by atoms with Crippen LogP contribution in [-0.4, -0.2) is 17.8 Å². The molecule has 3 heteroatoms. The van der Waals surface area contributed by atoms with Crippen molar-refractivity contribution in [3.8, 4) is 0 Å². The van der Waals surface area contributed by atoms with Crippen LogP contribution in [0.4, 0.5) is 0 Å². The molecule has 0 saturated heterocycles. The average Bonchev–Trinajstić information content (AvgIpc) is 2.26. The third-order valence-electron chi connectivity index (χ3n) is 1.93. The first kappa shape index (κ1) is 11.2. The molecule has 14 heavy (non-hydrogen) atoms. The van der Waals surface area contributed by atoms with Gasteiger partial charge in [-0.1, -0.05) is 30.3 Å². The molecule has 1 aromatic rings. The fourth-order valence-electron chi connectivity index (χ4n) is 0.997. The summed E-state index contributed by atoms with van der Waals surface area (Å²) in [6.07, 6.45) is -0.423. The maximum absolute atomic E-state index is 11.1. The zero-order valence-corrected chi connectivity index (χ0v) is 8.83. The molecule has 0 radical (unpaired) electrons.